The van der Waals surface area contributed by atoms with Crippen molar-refractivity contribution >= 4 is 17.9 Å². The summed E-state index contributed by atoms with van der Waals surface area (Å²) in [6.07, 6.45) is 78.0. The van der Waals surface area contributed by atoms with Gasteiger partial charge in [-0.2, -0.15) is 0 Å². The van der Waals surface area contributed by atoms with Crippen molar-refractivity contribution in [2.75, 3.05) is 47.5 Å². The highest BCUT2D eigenvalue weighted by molar-refractivity contribution is 5.71. The van der Waals surface area contributed by atoms with Gasteiger partial charge in [-0.25, -0.2) is 4.79 Å². The maximum Gasteiger partial charge on any atom is 0.361 e. The molecule has 2 atom stereocenters. The number of unbranched alkanes of at least 4 members (excludes halogenated alkanes) is 42. The first-order valence-corrected chi connectivity index (χ1v) is 34.8. The summed E-state index contributed by atoms with van der Waals surface area (Å²) in [6.45, 7) is 4.83. The first-order chi connectivity index (χ1) is 39.6. The molecule has 9 nitrogen and oxygen atoms in total. The topological polar surface area (TPSA) is 108 Å². The van der Waals surface area contributed by atoms with Gasteiger partial charge in [0.05, 0.1) is 34.4 Å². The highest BCUT2D eigenvalue weighted by Crippen LogP contribution is 2.19. The number of hydrogen-bond donors (Lipinski definition) is 1. The van der Waals surface area contributed by atoms with Gasteiger partial charge in [-0.05, 0) is 51.4 Å². The van der Waals surface area contributed by atoms with Crippen LogP contribution in [0.5, 0.6) is 0 Å². The second kappa shape index (κ2) is 63.3. The molecule has 0 radical (unpaired) electrons. The molecule has 2 unspecified atom stereocenters. The second-order valence-electron chi connectivity index (χ2n) is 24.8. The molecule has 474 valence electrons. The van der Waals surface area contributed by atoms with Crippen LogP contribution in [0.25, 0.3) is 0 Å². The summed E-state index contributed by atoms with van der Waals surface area (Å²) in [7, 11) is 5.99. The Kier molecular flexibility index (Phi) is 61.1. The third-order valence-corrected chi connectivity index (χ3v) is 15.6. The number of likely N-dealkylation sites (N-methyl/N-ethyl adjacent to an activating group) is 1. The average molecular weight is 1140 g/mol. The van der Waals surface area contributed by atoms with Crippen LogP contribution in [0, 0.1) is 0 Å². The number of carboxylic acids is 1. The minimum Gasteiger partial charge on any atom is -0.477 e. The van der Waals surface area contributed by atoms with Gasteiger partial charge in [-0.1, -0.05) is 319 Å². The van der Waals surface area contributed by atoms with Crippen molar-refractivity contribution in [2.24, 2.45) is 0 Å². The van der Waals surface area contributed by atoms with Crippen LogP contribution in [0.2, 0.25) is 0 Å². The van der Waals surface area contributed by atoms with E-state index in [0.29, 0.717) is 17.4 Å². The van der Waals surface area contributed by atoms with Crippen molar-refractivity contribution in [3.05, 3.63) is 48.6 Å². The van der Waals surface area contributed by atoms with E-state index < -0.39 is 18.4 Å². The molecule has 0 saturated carbocycles. The van der Waals surface area contributed by atoms with Gasteiger partial charge in [-0.3, -0.25) is 9.59 Å². The Bertz CT molecular complexity index is 1470. The van der Waals surface area contributed by atoms with E-state index in [2.05, 4.69) is 62.5 Å². The number of aliphatic carboxylic acids is 1. The lowest BCUT2D eigenvalue weighted by Gasteiger charge is -2.25. The van der Waals surface area contributed by atoms with E-state index in [0.717, 1.165) is 64.2 Å². The summed E-state index contributed by atoms with van der Waals surface area (Å²) >= 11 is 0. The van der Waals surface area contributed by atoms with Crippen LogP contribution in [-0.2, 0) is 33.3 Å². The maximum atomic E-state index is 12.9. The summed E-state index contributed by atoms with van der Waals surface area (Å²) in [5.74, 6) is -1.98. The van der Waals surface area contributed by atoms with Gasteiger partial charge < -0.3 is 28.5 Å². The Labute approximate surface area is 502 Å². The molecule has 0 bridgehead atoms. The Morgan fingerprint density at radius 2 is 0.704 bits per heavy atom. The van der Waals surface area contributed by atoms with Gasteiger partial charge in [0.25, 0.3) is 6.29 Å². The third kappa shape index (κ3) is 64.7. The van der Waals surface area contributed by atoms with Crippen molar-refractivity contribution in [2.45, 2.75) is 347 Å². The Morgan fingerprint density at radius 3 is 1.05 bits per heavy atom. The minimum absolute atomic E-state index is 0.175. The summed E-state index contributed by atoms with van der Waals surface area (Å²) in [4.78, 5) is 37.6. The van der Waals surface area contributed by atoms with Gasteiger partial charge in [0, 0.05) is 12.8 Å². The van der Waals surface area contributed by atoms with Crippen LogP contribution < -0.4 is 0 Å². The Balaban J connectivity index is 4.03. The highest BCUT2D eigenvalue weighted by Gasteiger charge is 2.25. The number of allylic oxidation sites excluding steroid dienone is 8. The van der Waals surface area contributed by atoms with E-state index >= 15 is 0 Å². The first kappa shape index (κ1) is 78.2. The zero-order valence-electron chi connectivity index (χ0n) is 54.2. The summed E-state index contributed by atoms with van der Waals surface area (Å²) in [5.41, 5.74) is 0. The molecule has 0 rings (SSSR count). The fraction of sp³-hybridized carbons (Fsp3) is 0.847. The maximum absolute atomic E-state index is 12.9. The predicted molar refractivity (Wildman–Crippen MR) is 346 cm³/mol. The molecule has 0 aliphatic heterocycles. The van der Waals surface area contributed by atoms with Gasteiger partial charge in [0.2, 0.25) is 0 Å². The molecule has 0 amide bonds. The van der Waals surface area contributed by atoms with Crippen LogP contribution in [-0.4, -0.2) is 87.4 Å². The standard InChI is InChI=1S/C72H133NO8/c1-6-8-10-12-14-16-18-20-22-24-26-28-29-30-31-32-33-34-35-36-37-38-39-40-41-43-45-47-49-51-53-55-57-59-61-63-70(75)81-68(67-80-72(71(76)77)78-65-64-73(3,4)5)66-79-69(74)62-60-58-56-54-52-50-48-46-44-42-27-25-23-21-19-17-15-13-11-9-7-2/h8,10,14,16,20,22,26,28,68,72H,6-7,9,11-13,15,17-19,21,23-25,27,29-67H2,1-5H3/p+1/b10-8-,16-14-,22-20-,28-26-. The smallest absolute Gasteiger partial charge is 0.361 e. The molecule has 0 fully saturated rings. The van der Waals surface area contributed by atoms with Crippen molar-refractivity contribution in [1.29, 1.82) is 0 Å². The Hall–Kier alpha value is -2.75. The minimum atomic E-state index is -1.51. The van der Waals surface area contributed by atoms with Crippen molar-refractivity contribution in [3.8, 4) is 0 Å². The molecule has 1 N–H and O–H groups in total. The van der Waals surface area contributed by atoms with Crippen LogP contribution in [0.1, 0.15) is 335 Å². The second-order valence-corrected chi connectivity index (χ2v) is 24.8. The predicted octanol–water partition coefficient (Wildman–Crippen LogP) is 21.4. The molecule has 0 spiro atoms. The largest absolute Gasteiger partial charge is 0.477 e. The molecular formula is C72H134NO8+. The van der Waals surface area contributed by atoms with E-state index in [1.165, 1.54) is 244 Å². The SMILES string of the molecule is CC/C=C\C/C=C\C/C=C\C/C=C\CCCCCCCCCCCCCCCCCCCCCCCCC(=O)OC(COC(=O)CCCCCCCCCCCCCCCCCCCCCCC)COC(OCC[N+](C)(C)C)C(=O)O. The highest BCUT2D eigenvalue weighted by atomic mass is 16.7. The van der Waals surface area contributed by atoms with E-state index in [-0.39, 0.29) is 38.2 Å². The van der Waals surface area contributed by atoms with E-state index in [1.807, 2.05) is 21.1 Å². The number of carbonyl (C=O) groups is 3. The quantitative estimate of drug-likeness (QED) is 0.0211. The van der Waals surface area contributed by atoms with Gasteiger partial charge in [-0.15, -0.1) is 0 Å². The van der Waals surface area contributed by atoms with Crippen LogP contribution >= 0.6 is 0 Å². The van der Waals surface area contributed by atoms with Crippen LogP contribution in [0.3, 0.4) is 0 Å². The van der Waals surface area contributed by atoms with Gasteiger partial charge in [0.15, 0.2) is 6.10 Å². The number of carboxylic acid groups (broad SMARTS) is 1. The molecule has 0 aromatic carbocycles. The molecule has 0 saturated heterocycles. The molecule has 0 aromatic heterocycles. The normalized spacial score (nSPS) is 13.0. The number of quaternary nitrogens is 1. The van der Waals surface area contributed by atoms with Crippen LogP contribution in [0.15, 0.2) is 48.6 Å². The summed E-state index contributed by atoms with van der Waals surface area (Å²) < 4.78 is 23.0. The molecular weight excluding hydrogens is 1010 g/mol. The zero-order valence-corrected chi connectivity index (χ0v) is 54.2. The zero-order chi connectivity index (χ0) is 59.1. The van der Waals surface area contributed by atoms with E-state index in [1.54, 1.807) is 0 Å². The molecule has 0 aliphatic carbocycles. The number of hydrogen-bond acceptors (Lipinski definition) is 7. The Morgan fingerprint density at radius 1 is 0.383 bits per heavy atom. The van der Waals surface area contributed by atoms with E-state index in [9.17, 15) is 19.5 Å². The lowest BCUT2D eigenvalue weighted by Crippen LogP contribution is -2.40. The number of rotatable bonds is 65. The lowest BCUT2D eigenvalue weighted by atomic mass is 10.0. The summed E-state index contributed by atoms with van der Waals surface area (Å²) in [6, 6.07) is 0. The van der Waals surface area contributed by atoms with Crippen molar-refractivity contribution in [3.63, 3.8) is 0 Å². The average Bonchev–Trinajstić information content (AvgIpc) is 3.44. The molecule has 81 heavy (non-hydrogen) atoms. The molecule has 9 heteroatoms. The fourth-order valence-corrected chi connectivity index (χ4v) is 10.3. The number of esters is 2. The fourth-order valence-electron chi connectivity index (χ4n) is 10.3. The van der Waals surface area contributed by atoms with Crippen molar-refractivity contribution in [1.82, 2.24) is 0 Å². The monoisotopic (exact) mass is 1140 g/mol. The first-order valence-electron chi connectivity index (χ1n) is 34.8. The van der Waals surface area contributed by atoms with Gasteiger partial charge in [0.1, 0.15) is 13.2 Å². The molecule has 0 aromatic rings. The third-order valence-electron chi connectivity index (χ3n) is 15.6. The van der Waals surface area contributed by atoms with Crippen LogP contribution in [0.4, 0.5) is 0 Å². The molecule has 0 aliphatic rings. The van der Waals surface area contributed by atoms with E-state index in [4.69, 9.17) is 18.9 Å². The van der Waals surface area contributed by atoms with Gasteiger partial charge >= 0.3 is 17.9 Å². The molecule has 0 heterocycles. The lowest BCUT2D eigenvalue weighted by molar-refractivity contribution is -0.870. The number of nitrogens with zero attached hydrogens (tertiary/aromatic N) is 1. The van der Waals surface area contributed by atoms with Crippen molar-refractivity contribution < 1.29 is 42.9 Å². The number of carbonyl (C=O) groups excluding carboxylic acids is 2. The number of ether oxygens (including phenoxy) is 4. The summed E-state index contributed by atoms with van der Waals surface area (Å²) in [5, 5.41) is 9.74.